The van der Waals surface area contributed by atoms with Crippen LogP contribution in [0, 0.1) is 0 Å². The van der Waals surface area contributed by atoms with Crippen LogP contribution in [0.3, 0.4) is 0 Å². The Morgan fingerprint density at radius 2 is 1.54 bits per heavy atom. The van der Waals surface area contributed by atoms with Gasteiger partial charge in [-0.25, -0.2) is 18.4 Å². The summed E-state index contributed by atoms with van der Waals surface area (Å²) in [6.45, 7) is 0. The number of nitrogens with zero attached hydrogens (tertiary/aromatic N) is 3. The first-order valence-electron chi connectivity index (χ1n) is 11.1. The molecule has 174 valence electrons. The van der Waals surface area contributed by atoms with Crippen molar-refractivity contribution in [3.05, 3.63) is 103 Å². The second-order valence-electron chi connectivity index (χ2n) is 8.30. The van der Waals surface area contributed by atoms with E-state index in [9.17, 15) is 8.42 Å². The van der Waals surface area contributed by atoms with E-state index in [1.165, 1.54) is 0 Å². The quantitative estimate of drug-likeness (QED) is 0.318. The fourth-order valence-electron chi connectivity index (χ4n) is 4.16. The predicted octanol–water partition coefficient (Wildman–Crippen LogP) is 6.10. The molecule has 5 aromatic rings. The first-order valence-corrected chi connectivity index (χ1v) is 13.0. The standard InChI is InChI=1S/C28H24N4O2S/c1-32(26-16-6-7-17-29-26)28-27-22(13-9-15-24(27)20-10-4-3-5-11-20)19-25(30-28)21-12-8-14-23(18-21)31-35(2,33)34/h3-19,31H,1-2H3. The Hall–Kier alpha value is -4.23. The van der Waals surface area contributed by atoms with Gasteiger partial charge in [0, 0.05) is 29.9 Å². The van der Waals surface area contributed by atoms with Gasteiger partial charge in [0.1, 0.15) is 11.6 Å². The van der Waals surface area contributed by atoms with Crippen molar-refractivity contribution in [2.75, 3.05) is 22.9 Å². The summed E-state index contributed by atoms with van der Waals surface area (Å²) in [6, 6.07) is 31.5. The fraction of sp³-hybridized carbons (Fsp3) is 0.0714. The highest BCUT2D eigenvalue weighted by Crippen LogP contribution is 2.38. The number of sulfonamides is 1. The lowest BCUT2D eigenvalue weighted by molar-refractivity contribution is 0.607. The Labute approximate surface area is 205 Å². The SMILES string of the molecule is CN(c1ccccn1)c1nc(-c2cccc(NS(C)(=O)=O)c2)cc2cccc(-c3ccccc3)c12. The van der Waals surface area contributed by atoms with Crippen LogP contribution in [0.15, 0.2) is 103 Å². The van der Waals surface area contributed by atoms with Gasteiger partial charge in [-0.05, 0) is 46.8 Å². The number of nitrogens with one attached hydrogen (secondary N) is 1. The summed E-state index contributed by atoms with van der Waals surface area (Å²) in [7, 11) is -1.44. The smallest absolute Gasteiger partial charge is 0.229 e. The molecular formula is C28H24N4O2S. The fourth-order valence-corrected chi connectivity index (χ4v) is 4.71. The molecule has 0 fully saturated rings. The summed E-state index contributed by atoms with van der Waals surface area (Å²) in [5.41, 5.74) is 4.21. The van der Waals surface area contributed by atoms with Gasteiger partial charge in [0.15, 0.2) is 0 Å². The highest BCUT2D eigenvalue weighted by Gasteiger charge is 2.17. The molecule has 7 heteroatoms. The van der Waals surface area contributed by atoms with Crippen molar-refractivity contribution in [3.8, 4) is 22.4 Å². The lowest BCUT2D eigenvalue weighted by Gasteiger charge is -2.22. The largest absolute Gasteiger partial charge is 0.314 e. The number of hydrogen-bond donors (Lipinski definition) is 1. The molecule has 2 heterocycles. The van der Waals surface area contributed by atoms with Crippen LogP contribution in [0.2, 0.25) is 0 Å². The topological polar surface area (TPSA) is 75.2 Å². The van der Waals surface area contributed by atoms with E-state index in [1.54, 1.807) is 18.3 Å². The minimum Gasteiger partial charge on any atom is -0.314 e. The summed E-state index contributed by atoms with van der Waals surface area (Å²) < 4.78 is 26.1. The van der Waals surface area contributed by atoms with Crippen LogP contribution in [0.4, 0.5) is 17.3 Å². The van der Waals surface area contributed by atoms with Crippen molar-refractivity contribution in [1.29, 1.82) is 0 Å². The highest BCUT2D eigenvalue weighted by atomic mass is 32.2. The van der Waals surface area contributed by atoms with E-state index in [2.05, 4.69) is 34.0 Å². The maximum atomic E-state index is 11.8. The van der Waals surface area contributed by atoms with Gasteiger partial charge in [0.25, 0.3) is 0 Å². The van der Waals surface area contributed by atoms with Gasteiger partial charge in [-0.2, -0.15) is 0 Å². The van der Waals surface area contributed by atoms with E-state index in [1.807, 2.05) is 72.6 Å². The van der Waals surface area contributed by atoms with Crippen molar-refractivity contribution in [2.24, 2.45) is 0 Å². The molecule has 35 heavy (non-hydrogen) atoms. The van der Waals surface area contributed by atoms with Gasteiger partial charge >= 0.3 is 0 Å². The molecule has 0 bridgehead atoms. The molecule has 0 atom stereocenters. The van der Waals surface area contributed by atoms with Gasteiger partial charge in [0.2, 0.25) is 10.0 Å². The second kappa shape index (κ2) is 9.19. The molecule has 6 nitrogen and oxygen atoms in total. The normalized spacial score (nSPS) is 11.4. The first kappa shape index (κ1) is 22.6. The van der Waals surface area contributed by atoms with Crippen molar-refractivity contribution in [1.82, 2.24) is 9.97 Å². The third-order valence-corrected chi connectivity index (χ3v) is 6.30. The van der Waals surface area contributed by atoms with Crippen molar-refractivity contribution >= 4 is 38.1 Å². The molecule has 0 unspecified atom stereocenters. The predicted molar refractivity (Wildman–Crippen MR) is 143 cm³/mol. The molecular weight excluding hydrogens is 456 g/mol. The lowest BCUT2D eigenvalue weighted by atomic mass is 9.97. The number of pyridine rings is 2. The van der Waals surface area contributed by atoms with E-state index in [4.69, 9.17) is 4.98 Å². The number of anilines is 3. The summed E-state index contributed by atoms with van der Waals surface area (Å²) in [4.78, 5) is 11.6. The zero-order chi connectivity index (χ0) is 24.4. The third kappa shape index (κ3) is 4.85. The zero-order valence-corrected chi connectivity index (χ0v) is 20.2. The number of hydrogen-bond acceptors (Lipinski definition) is 5. The van der Waals surface area contributed by atoms with Crippen molar-refractivity contribution in [3.63, 3.8) is 0 Å². The molecule has 0 aliphatic carbocycles. The second-order valence-corrected chi connectivity index (χ2v) is 10.1. The molecule has 2 aromatic heterocycles. The molecule has 0 aliphatic heterocycles. The molecule has 1 N–H and O–H groups in total. The average molecular weight is 481 g/mol. The van der Waals surface area contributed by atoms with Gasteiger partial charge in [-0.15, -0.1) is 0 Å². The average Bonchev–Trinajstić information content (AvgIpc) is 2.87. The molecule has 0 saturated heterocycles. The van der Waals surface area contributed by atoms with E-state index in [0.29, 0.717) is 5.69 Å². The van der Waals surface area contributed by atoms with Gasteiger partial charge in [-0.1, -0.05) is 66.7 Å². The van der Waals surface area contributed by atoms with Gasteiger partial charge < -0.3 is 4.90 Å². The number of aromatic nitrogens is 2. The monoisotopic (exact) mass is 480 g/mol. The Bertz CT molecular complexity index is 1610. The molecule has 3 aromatic carbocycles. The Balaban J connectivity index is 1.75. The van der Waals surface area contributed by atoms with Crippen molar-refractivity contribution < 1.29 is 8.42 Å². The molecule has 0 spiro atoms. The van der Waals surface area contributed by atoms with E-state index in [0.717, 1.165) is 51.0 Å². The van der Waals surface area contributed by atoms with Crippen LogP contribution in [0.25, 0.3) is 33.2 Å². The van der Waals surface area contributed by atoms with Crippen LogP contribution in [0.5, 0.6) is 0 Å². The maximum Gasteiger partial charge on any atom is 0.229 e. The molecule has 5 rings (SSSR count). The van der Waals surface area contributed by atoms with Crippen LogP contribution >= 0.6 is 0 Å². The molecule has 0 aliphatic rings. The van der Waals surface area contributed by atoms with E-state index >= 15 is 0 Å². The summed E-state index contributed by atoms with van der Waals surface area (Å²) in [5.74, 6) is 1.53. The lowest BCUT2D eigenvalue weighted by Crippen LogP contribution is -2.14. The Kier molecular flexibility index (Phi) is 5.93. The Morgan fingerprint density at radius 1 is 0.800 bits per heavy atom. The minimum atomic E-state index is -3.39. The van der Waals surface area contributed by atoms with Gasteiger partial charge in [0.05, 0.1) is 11.9 Å². The molecule has 0 radical (unpaired) electrons. The third-order valence-electron chi connectivity index (χ3n) is 5.70. The Morgan fingerprint density at radius 3 is 2.29 bits per heavy atom. The summed E-state index contributed by atoms with van der Waals surface area (Å²) in [5, 5.41) is 2.04. The molecule has 0 saturated carbocycles. The van der Waals surface area contributed by atoms with E-state index in [-0.39, 0.29) is 0 Å². The van der Waals surface area contributed by atoms with Crippen LogP contribution < -0.4 is 9.62 Å². The zero-order valence-electron chi connectivity index (χ0n) is 19.4. The highest BCUT2D eigenvalue weighted by molar-refractivity contribution is 7.92. The first-order chi connectivity index (χ1) is 16.9. The summed E-state index contributed by atoms with van der Waals surface area (Å²) in [6.07, 6.45) is 2.90. The number of benzene rings is 3. The maximum absolute atomic E-state index is 11.8. The van der Waals surface area contributed by atoms with Crippen LogP contribution in [0.1, 0.15) is 0 Å². The summed E-state index contributed by atoms with van der Waals surface area (Å²) >= 11 is 0. The van der Waals surface area contributed by atoms with Crippen LogP contribution in [-0.2, 0) is 10.0 Å². The number of fused-ring (bicyclic) bond motifs is 1. The number of rotatable bonds is 6. The van der Waals surface area contributed by atoms with Crippen molar-refractivity contribution in [2.45, 2.75) is 0 Å². The van der Waals surface area contributed by atoms with Crippen LogP contribution in [-0.4, -0.2) is 31.7 Å². The molecule has 0 amide bonds. The van der Waals surface area contributed by atoms with Gasteiger partial charge in [-0.3, -0.25) is 4.72 Å². The van der Waals surface area contributed by atoms with E-state index < -0.39 is 10.0 Å². The minimum absolute atomic E-state index is 0.490.